The number of tetrazole rings is 1. The lowest BCUT2D eigenvalue weighted by Crippen LogP contribution is -2.49. The molecule has 0 unspecified atom stereocenters. The highest BCUT2D eigenvalue weighted by Crippen LogP contribution is 2.23. The van der Waals surface area contributed by atoms with Crippen molar-refractivity contribution in [1.82, 2.24) is 29.6 Å². The molecule has 0 N–H and O–H groups in total. The molecule has 0 saturated carbocycles. The van der Waals surface area contributed by atoms with Gasteiger partial charge in [-0.2, -0.15) is 4.31 Å². The number of aromatic nitrogens is 5. The molecule has 0 bridgehead atoms. The van der Waals surface area contributed by atoms with E-state index in [9.17, 15) is 8.42 Å². The number of hydrogen-bond donors (Lipinski definition) is 0. The predicted molar refractivity (Wildman–Crippen MR) is 105 cm³/mol. The smallest absolute Gasteiger partial charge is 0.243 e. The molecule has 10 heteroatoms. The summed E-state index contributed by atoms with van der Waals surface area (Å²) in [6.07, 6.45) is 1.03. The molecule has 2 aromatic heterocycles. The summed E-state index contributed by atoms with van der Waals surface area (Å²) >= 11 is 0. The van der Waals surface area contributed by atoms with Gasteiger partial charge in [0, 0.05) is 26.2 Å². The van der Waals surface area contributed by atoms with Crippen molar-refractivity contribution in [3.63, 3.8) is 0 Å². The first-order valence-corrected chi connectivity index (χ1v) is 10.8. The second-order valence-corrected chi connectivity index (χ2v) is 8.93. The van der Waals surface area contributed by atoms with Crippen molar-refractivity contribution in [2.24, 2.45) is 0 Å². The van der Waals surface area contributed by atoms with Gasteiger partial charge in [0.05, 0.1) is 4.90 Å². The second-order valence-electron chi connectivity index (χ2n) is 6.99. The average Bonchev–Trinajstić information content (AvgIpc) is 3.21. The van der Waals surface area contributed by atoms with Crippen LogP contribution in [0.4, 0.5) is 5.82 Å². The molecule has 1 fully saturated rings. The molecule has 0 spiro atoms. The van der Waals surface area contributed by atoms with E-state index in [0.717, 1.165) is 17.8 Å². The van der Waals surface area contributed by atoms with E-state index in [1.165, 1.54) is 8.94 Å². The van der Waals surface area contributed by atoms with Gasteiger partial charge in [-0.3, -0.25) is 0 Å². The molecule has 1 aromatic carbocycles. The zero-order chi connectivity index (χ0) is 19.7. The summed E-state index contributed by atoms with van der Waals surface area (Å²) in [4.78, 5) is 2.39. The lowest BCUT2D eigenvalue weighted by molar-refractivity contribution is 0.383. The molecule has 4 rings (SSSR count). The van der Waals surface area contributed by atoms with Gasteiger partial charge in [0.2, 0.25) is 10.0 Å². The maximum Gasteiger partial charge on any atom is 0.243 e. The third-order valence-corrected chi connectivity index (χ3v) is 7.23. The number of benzene rings is 1. The van der Waals surface area contributed by atoms with Gasteiger partial charge < -0.3 is 4.90 Å². The van der Waals surface area contributed by atoms with Crippen molar-refractivity contribution in [2.75, 3.05) is 31.1 Å². The Kier molecular flexibility index (Phi) is 4.98. The van der Waals surface area contributed by atoms with Gasteiger partial charge in [-0.1, -0.05) is 26.0 Å². The van der Waals surface area contributed by atoms with Crippen LogP contribution in [0.25, 0.3) is 5.65 Å². The van der Waals surface area contributed by atoms with Crippen molar-refractivity contribution < 1.29 is 8.42 Å². The van der Waals surface area contributed by atoms with Crippen molar-refractivity contribution in [3.8, 4) is 0 Å². The van der Waals surface area contributed by atoms with Crippen LogP contribution in [0, 0.1) is 0 Å². The third kappa shape index (κ3) is 3.45. The molecular weight excluding hydrogens is 378 g/mol. The standard InChI is InChI=1S/C18H23N7O2S/c1-3-14(2)15-4-6-16(7-5-15)28(26,27)24-12-10-23(11-13-24)18-9-8-17-19-21-22-25(17)20-18/h4-9,14H,3,10-13H2,1-2H3/t14-/m0/s1. The maximum atomic E-state index is 13.0. The molecule has 1 saturated heterocycles. The van der Waals surface area contributed by atoms with E-state index in [1.54, 1.807) is 18.2 Å². The highest BCUT2D eigenvalue weighted by molar-refractivity contribution is 7.89. The van der Waals surface area contributed by atoms with Crippen LogP contribution in [0.5, 0.6) is 0 Å². The molecule has 0 radical (unpaired) electrons. The van der Waals surface area contributed by atoms with Crippen molar-refractivity contribution in [1.29, 1.82) is 0 Å². The highest BCUT2D eigenvalue weighted by atomic mass is 32.2. The molecule has 28 heavy (non-hydrogen) atoms. The number of sulfonamides is 1. The average molecular weight is 401 g/mol. The maximum absolute atomic E-state index is 13.0. The first-order chi connectivity index (χ1) is 13.5. The Labute approximate surface area is 164 Å². The summed E-state index contributed by atoms with van der Waals surface area (Å²) in [5.74, 6) is 1.15. The van der Waals surface area contributed by atoms with Crippen molar-refractivity contribution in [3.05, 3.63) is 42.0 Å². The minimum absolute atomic E-state index is 0.348. The van der Waals surface area contributed by atoms with Crippen molar-refractivity contribution in [2.45, 2.75) is 31.1 Å². The van der Waals surface area contributed by atoms with Crippen molar-refractivity contribution >= 4 is 21.5 Å². The van der Waals surface area contributed by atoms with Gasteiger partial charge in [0.15, 0.2) is 11.5 Å². The van der Waals surface area contributed by atoms with E-state index in [-0.39, 0.29) is 0 Å². The van der Waals surface area contributed by atoms with Gasteiger partial charge in [0.1, 0.15) is 0 Å². The minimum Gasteiger partial charge on any atom is -0.352 e. The molecule has 148 valence electrons. The topological polar surface area (TPSA) is 96.6 Å². The summed E-state index contributed by atoms with van der Waals surface area (Å²) in [7, 11) is -3.49. The van der Waals surface area contributed by atoms with E-state index >= 15 is 0 Å². The fourth-order valence-electron chi connectivity index (χ4n) is 3.32. The Morgan fingerprint density at radius 1 is 1.04 bits per heavy atom. The molecule has 3 heterocycles. The van der Waals surface area contributed by atoms with E-state index in [2.05, 4.69) is 34.5 Å². The lowest BCUT2D eigenvalue weighted by Gasteiger charge is -2.34. The number of anilines is 1. The van der Waals surface area contributed by atoms with Crippen LogP contribution < -0.4 is 4.90 Å². The largest absolute Gasteiger partial charge is 0.352 e. The fourth-order valence-corrected chi connectivity index (χ4v) is 4.74. The first-order valence-electron chi connectivity index (χ1n) is 9.39. The Hall–Kier alpha value is -2.59. The number of hydrogen-bond acceptors (Lipinski definition) is 7. The molecule has 1 aliphatic heterocycles. The molecule has 1 aliphatic rings. The number of nitrogens with zero attached hydrogens (tertiary/aromatic N) is 7. The van der Waals surface area contributed by atoms with E-state index in [1.807, 2.05) is 23.1 Å². The summed E-state index contributed by atoms with van der Waals surface area (Å²) in [5, 5.41) is 15.6. The fraction of sp³-hybridized carbons (Fsp3) is 0.444. The van der Waals surface area contributed by atoms with E-state index < -0.39 is 10.0 Å². The minimum atomic E-state index is -3.49. The number of fused-ring (bicyclic) bond motifs is 1. The zero-order valence-corrected chi connectivity index (χ0v) is 16.7. The van der Waals surface area contributed by atoms with Crippen LogP contribution in [0.1, 0.15) is 31.7 Å². The molecule has 0 amide bonds. The normalized spacial score (nSPS) is 17.1. The quantitative estimate of drug-likeness (QED) is 0.640. The van der Waals surface area contributed by atoms with Crippen LogP contribution >= 0.6 is 0 Å². The zero-order valence-electron chi connectivity index (χ0n) is 15.9. The Balaban J connectivity index is 1.46. The third-order valence-electron chi connectivity index (χ3n) is 5.32. The van der Waals surface area contributed by atoms with Gasteiger partial charge in [0.25, 0.3) is 0 Å². The van der Waals surface area contributed by atoms with Crippen LogP contribution in [0.2, 0.25) is 0 Å². The van der Waals surface area contributed by atoms with Gasteiger partial charge in [-0.05, 0) is 52.6 Å². The second kappa shape index (κ2) is 7.44. The molecule has 9 nitrogen and oxygen atoms in total. The SMILES string of the molecule is CC[C@H](C)c1ccc(S(=O)(=O)N2CCN(c3ccc4nnnn4n3)CC2)cc1. The Morgan fingerprint density at radius 3 is 2.43 bits per heavy atom. The van der Waals surface area contributed by atoms with Crippen LogP contribution in [-0.4, -0.2) is 64.2 Å². The van der Waals surface area contributed by atoms with Crippen LogP contribution in [0.15, 0.2) is 41.3 Å². The van der Waals surface area contributed by atoms with Gasteiger partial charge >= 0.3 is 0 Å². The summed E-state index contributed by atoms with van der Waals surface area (Å²) < 4.78 is 28.9. The van der Waals surface area contributed by atoms with Gasteiger partial charge in [-0.15, -0.1) is 14.8 Å². The van der Waals surface area contributed by atoms with Crippen LogP contribution in [0.3, 0.4) is 0 Å². The van der Waals surface area contributed by atoms with E-state index in [4.69, 9.17) is 0 Å². The Bertz CT molecular complexity index is 1060. The molecule has 3 aromatic rings. The molecule has 0 aliphatic carbocycles. The summed E-state index contributed by atoms with van der Waals surface area (Å²) in [5.41, 5.74) is 1.74. The van der Waals surface area contributed by atoms with E-state index in [0.29, 0.717) is 42.6 Å². The highest BCUT2D eigenvalue weighted by Gasteiger charge is 2.29. The van der Waals surface area contributed by atoms with Gasteiger partial charge in [-0.25, -0.2) is 8.42 Å². The Morgan fingerprint density at radius 2 is 1.75 bits per heavy atom. The predicted octanol–water partition coefficient (Wildman–Crippen LogP) is 1.54. The lowest BCUT2D eigenvalue weighted by atomic mass is 9.99. The molecule has 1 atom stereocenters. The number of piperazine rings is 1. The summed E-state index contributed by atoms with van der Waals surface area (Å²) in [6, 6.07) is 10.9. The first kappa shape index (κ1) is 18.8. The summed E-state index contributed by atoms with van der Waals surface area (Å²) in [6.45, 7) is 6.20. The monoisotopic (exact) mass is 401 g/mol. The van der Waals surface area contributed by atoms with Crippen LogP contribution in [-0.2, 0) is 10.0 Å². The number of rotatable bonds is 5. The molecular formula is C18H23N7O2S.